The van der Waals surface area contributed by atoms with Crippen LogP contribution in [0.4, 0.5) is 0 Å². The fraction of sp³-hybridized carbons (Fsp3) is 0.786. The van der Waals surface area contributed by atoms with Crippen molar-refractivity contribution in [2.75, 3.05) is 6.61 Å². The summed E-state index contributed by atoms with van der Waals surface area (Å²) in [7, 11) is 0. The monoisotopic (exact) mass is 222 g/mol. The predicted molar refractivity (Wildman–Crippen MR) is 63.9 cm³/mol. The summed E-state index contributed by atoms with van der Waals surface area (Å²) >= 11 is 0. The van der Waals surface area contributed by atoms with E-state index < -0.39 is 0 Å². The van der Waals surface area contributed by atoms with E-state index in [1.807, 2.05) is 0 Å². The maximum Gasteiger partial charge on any atom is 0.302 e. The Morgan fingerprint density at radius 1 is 1.50 bits per heavy atom. The van der Waals surface area contributed by atoms with E-state index in [9.17, 15) is 4.79 Å². The highest BCUT2D eigenvalue weighted by Crippen LogP contribution is 2.45. The van der Waals surface area contributed by atoms with Gasteiger partial charge in [-0.15, -0.1) is 0 Å². The van der Waals surface area contributed by atoms with Gasteiger partial charge < -0.3 is 4.74 Å². The first-order chi connectivity index (χ1) is 7.58. The molecule has 0 saturated heterocycles. The van der Waals surface area contributed by atoms with Crippen LogP contribution in [0, 0.1) is 23.7 Å². The number of hydrogen-bond donors (Lipinski definition) is 0. The van der Waals surface area contributed by atoms with Crippen molar-refractivity contribution < 1.29 is 9.53 Å². The average Bonchev–Trinajstić information content (AvgIpc) is 2.25. The van der Waals surface area contributed by atoms with E-state index in [0.717, 1.165) is 11.8 Å². The summed E-state index contributed by atoms with van der Waals surface area (Å²) < 4.78 is 5.19. The van der Waals surface area contributed by atoms with Crippen LogP contribution in [0.3, 0.4) is 0 Å². The molecule has 1 saturated carbocycles. The van der Waals surface area contributed by atoms with Gasteiger partial charge in [0.05, 0.1) is 6.61 Å². The molecule has 2 nitrogen and oxygen atoms in total. The van der Waals surface area contributed by atoms with E-state index in [-0.39, 0.29) is 5.97 Å². The standard InChI is InChI=1S/C14H22O2/c1-9-4-5-12-6-13(9)7-14(10(12)2)8-16-11(3)15/h4,10,12-14H,5-8H2,1-3H3. The van der Waals surface area contributed by atoms with E-state index in [1.165, 1.54) is 26.2 Å². The lowest BCUT2D eigenvalue weighted by Gasteiger charge is -2.43. The highest BCUT2D eigenvalue weighted by molar-refractivity contribution is 5.65. The Balaban J connectivity index is 2.00. The molecule has 2 rings (SSSR count). The van der Waals surface area contributed by atoms with Crippen LogP contribution in [0.1, 0.15) is 40.0 Å². The molecule has 2 heteroatoms. The van der Waals surface area contributed by atoms with Crippen LogP contribution in [0.5, 0.6) is 0 Å². The molecule has 16 heavy (non-hydrogen) atoms. The van der Waals surface area contributed by atoms with Crippen LogP contribution in [0.2, 0.25) is 0 Å². The summed E-state index contributed by atoms with van der Waals surface area (Å²) in [5.74, 6) is 2.67. The third-order valence-corrected chi connectivity index (χ3v) is 4.55. The Kier molecular flexibility index (Phi) is 3.36. The number of carbonyl (C=O) groups excluding carboxylic acids is 1. The number of hydrogen-bond acceptors (Lipinski definition) is 2. The first-order valence-corrected chi connectivity index (χ1v) is 6.38. The van der Waals surface area contributed by atoms with Crippen LogP contribution in [-0.2, 0) is 9.53 Å². The van der Waals surface area contributed by atoms with E-state index in [2.05, 4.69) is 19.9 Å². The van der Waals surface area contributed by atoms with E-state index in [4.69, 9.17) is 4.74 Å². The van der Waals surface area contributed by atoms with Gasteiger partial charge in [0.1, 0.15) is 0 Å². The molecule has 1 fully saturated rings. The van der Waals surface area contributed by atoms with E-state index in [0.29, 0.717) is 18.4 Å². The summed E-state index contributed by atoms with van der Waals surface area (Å²) in [4.78, 5) is 10.9. The van der Waals surface area contributed by atoms with Gasteiger partial charge >= 0.3 is 5.97 Å². The molecule has 0 heterocycles. The van der Waals surface area contributed by atoms with Gasteiger partial charge in [0.15, 0.2) is 0 Å². The summed E-state index contributed by atoms with van der Waals surface area (Å²) in [6.45, 7) is 6.69. The van der Waals surface area contributed by atoms with E-state index >= 15 is 0 Å². The van der Waals surface area contributed by atoms with Crippen molar-refractivity contribution in [3.8, 4) is 0 Å². The SMILES string of the molecule is CC(=O)OCC1CC2CC(CC=C2C)C1C. The summed E-state index contributed by atoms with van der Waals surface area (Å²) in [5, 5.41) is 0. The third-order valence-electron chi connectivity index (χ3n) is 4.55. The Bertz CT molecular complexity index is 306. The lowest BCUT2D eigenvalue weighted by Crippen LogP contribution is -2.36. The molecule has 0 N–H and O–H groups in total. The molecule has 2 aliphatic carbocycles. The molecule has 0 radical (unpaired) electrons. The van der Waals surface area contributed by atoms with Crippen molar-refractivity contribution in [2.45, 2.75) is 40.0 Å². The predicted octanol–water partition coefficient (Wildman–Crippen LogP) is 3.18. The minimum atomic E-state index is -0.143. The number of rotatable bonds is 2. The fourth-order valence-electron chi connectivity index (χ4n) is 3.27. The second-order valence-corrected chi connectivity index (χ2v) is 5.53. The second-order valence-electron chi connectivity index (χ2n) is 5.53. The van der Waals surface area contributed by atoms with Crippen molar-refractivity contribution in [1.29, 1.82) is 0 Å². The quantitative estimate of drug-likeness (QED) is 0.530. The van der Waals surface area contributed by atoms with Crippen LogP contribution in [-0.4, -0.2) is 12.6 Å². The first kappa shape index (κ1) is 11.7. The molecule has 4 atom stereocenters. The van der Waals surface area contributed by atoms with Crippen molar-refractivity contribution in [2.24, 2.45) is 23.7 Å². The number of allylic oxidation sites excluding steroid dienone is 2. The summed E-state index contributed by atoms with van der Waals surface area (Å²) in [6.07, 6.45) is 6.19. The number of fused-ring (bicyclic) bond motifs is 2. The third kappa shape index (κ3) is 2.31. The van der Waals surface area contributed by atoms with Crippen molar-refractivity contribution in [3.05, 3.63) is 11.6 Å². The lowest BCUT2D eigenvalue weighted by molar-refractivity contribution is -0.143. The van der Waals surface area contributed by atoms with Gasteiger partial charge in [0.25, 0.3) is 0 Å². The number of esters is 1. The topological polar surface area (TPSA) is 26.3 Å². The van der Waals surface area contributed by atoms with Gasteiger partial charge in [-0.3, -0.25) is 4.79 Å². The van der Waals surface area contributed by atoms with Crippen LogP contribution < -0.4 is 0 Å². The molecular weight excluding hydrogens is 200 g/mol. The molecule has 0 aliphatic heterocycles. The number of carbonyl (C=O) groups is 1. The fourth-order valence-corrected chi connectivity index (χ4v) is 3.27. The van der Waals surface area contributed by atoms with Crippen molar-refractivity contribution >= 4 is 5.97 Å². The van der Waals surface area contributed by atoms with Gasteiger partial charge in [-0.25, -0.2) is 0 Å². The highest BCUT2D eigenvalue weighted by Gasteiger charge is 2.37. The largest absolute Gasteiger partial charge is 0.466 e. The van der Waals surface area contributed by atoms with Gasteiger partial charge in [-0.2, -0.15) is 0 Å². The molecule has 0 aromatic rings. The molecule has 2 bridgehead atoms. The first-order valence-electron chi connectivity index (χ1n) is 6.38. The molecule has 4 unspecified atom stereocenters. The summed E-state index contributed by atoms with van der Waals surface area (Å²) in [6, 6.07) is 0. The van der Waals surface area contributed by atoms with E-state index in [1.54, 1.807) is 5.57 Å². The average molecular weight is 222 g/mol. The second kappa shape index (κ2) is 4.60. The van der Waals surface area contributed by atoms with Crippen molar-refractivity contribution in [1.82, 2.24) is 0 Å². The smallest absolute Gasteiger partial charge is 0.302 e. The van der Waals surface area contributed by atoms with Crippen LogP contribution in [0.15, 0.2) is 11.6 Å². The highest BCUT2D eigenvalue weighted by atomic mass is 16.5. The van der Waals surface area contributed by atoms with Crippen molar-refractivity contribution in [3.63, 3.8) is 0 Å². The maximum absolute atomic E-state index is 10.9. The zero-order valence-electron chi connectivity index (χ0n) is 10.5. The molecule has 0 aromatic carbocycles. The van der Waals surface area contributed by atoms with Gasteiger partial charge in [0, 0.05) is 6.92 Å². The Morgan fingerprint density at radius 3 is 2.94 bits per heavy atom. The zero-order chi connectivity index (χ0) is 11.7. The zero-order valence-corrected chi connectivity index (χ0v) is 10.5. The Morgan fingerprint density at radius 2 is 2.25 bits per heavy atom. The van der Waals surface area contributed by atoms with Crippen LogP contribution >= 0.6 is 0 Å². The lowest BCUT2D eigenvalue weighted by atomic mass is 9.63. The normalized spacial score (nSPS) is 37.8. The number of ether oxygens (including phenoxy) is 1. The molecule has 0 spiro atoms. The van der Waals surface area contributed by atoms with Gasteiger partial charge in [-0.05, 0) is 49.9 Å². The van der Waals surface area contributed by atoms with Gasteiger partial charge in [0.2, 0.25) is 0 Å². The minimum Gasteiger partial charge on any atom is -0.466 e. The minimum absolute atomic E-state index is 0.143. The van der Waals surface area contributed by atoms with Gasteiger partial charge in [-0.1, -0.05) is 18.6 Å². The van der Waals surface area contributed by atoms with Crippen LogP contribution in [0.25, 0.3) is 0 Å². The maximum atomic E-state index is 10.9. The Labute approximate surface area is 98.1 Å². The molecule has 90 valence electrons. The molecule has 2 aliphatic rings. The molecular formula is C14H22O2. The Hall–Kier alpha value is -0.790. The summed E-state index contributed by atoms with van der Waals surface area (Å²) in [5.41, 5.74) is 1.55. The molecule has 0 aromatic heterocycles. The molecule has 0 amide bonds.